The van der Waals surface area contributed by atoms with E-state index >= 15 is 0 Å². The first kappa shape index (κ1) is 58.1. The van der Waals surface area contributed by atoms with Crippen LogP contribution in [0.25, 0.3) is 0 Å². The number of ether oxygens (including phenoxy) is 3. The predicted molar refractivity (Wildman–Crippen MR) is 248 cm³/mol. The summed E-state index contributed by atoms with van der Waals surface area (Å²) in [6, 6.07) is 8.50. The quantitative estimate of drug-likeness (QED) is 0.0235. The van der Waals surface area contributed by atoms with Gasteiger partial charge in [0, 0.05) is 6.42 Å². The van der Waals surface area contributed by atoms with Crippen LogP contribution in [0.3, 0.4) is 0 Å². The van der Waals surface area contributed by atoms with Crippen molar-refractivity contribution < 1.29 is 63.5 Å². The number of unbranched alkanes of at least 4 members (excludes halogenated alkanes) is 23. The fourth-order valence-corrected chi connectivity index (χ4v) is 8.88. The van der Waals surface area contributed by atoms with Crippen LogP contribution in [0.5, 0.6) is 0 Å². The van der Waals surface area contributed by atoms with Crippen LogP contribution < -0.4 is 5.32 Å². The number of hydrogen-bond donors (Lipinski definition) is 5. The summed E-state index contributed by atoms with van der Waals surface area (Å²) in [6.45, 7) is 3.27. The van der Waals surface area contributed by atoms with Crippen molar-refractivity contribution in [2.24, 2.45) is 0 Å². The molecule has 15 nitrogen and oxygen atoms in total. The first-order valence-corrected chi connectivity index (χ1v) is 27.0. The highest BCUT2D eigenvalue weighted by Crippen LogP contribution is 2.29. The summed E-state index contributed by atoms with van der Waals surface area (Å²) in [5.74, 6) is -0.282. The number of rotatable bonds is 40. The van der Waals surface area contributed by atoms with E-state index in [2.05, 4.69) is 27.5 Å². The molecule has 1 heterocycles. The molecule has 1 aromatic rings. The predicted octanol–water partition coefficient (Wildman–Crippen LogP) is 9.27. The molecule has 1 saturated heterocycles. The molecule has 0 bridgehead atoms. The number of aliphatic hydroxyl groups is 2. The fraction of sp³-hybridized carbons (Fsp3) is 0.809. The van der Waals surface area contributed by atoms with Crippen LogP contribution in [0.4, 0.5) is 0 Å². The third kappa shape index (κ3) is 28.2. The Balaban J connectivity index is 2.18. The van der Waals surface area contributed by atoms with Crippen molar-refractivity contribution in [2.75, 3.05) is 13.2 Å². The number of benzene rings is 1. The molecule has 1 aromatic carbocycles. The second-order valence-electron chi connectivity index (χ2n) is 17.2. The second kappa shape index (κ2) is 35.2. The zero-order valence-electron chi connectivity index (χ0n) is 38.8. The van der Waals surface area contributed by atoms with Crippen molar-refractivity contribution in [3.8, 4) is 0 Å². The lowest BCUT2D eigenvalue weighted by Crippen LogP contribution is -2.62. The maximum atomic E-state index is 13.6. The Hall–Kier alpha value is -2.03. The van der Waals surface area contributed by atoms with Crippen LogP contribution in [-0.2, 0) is 54.8 Å². The zero-order chi connectivity index (χ0) is 46.9. The number of carbonyl (C=O) groups excluding carboxylic acids is 1. The van der Waals surface area contributed by atoms with Crippen molar-refractivity contribution in [3.63, 3.8) is 0 Å². The summed E-state index contributed by atoms with van der Waals surface area (Å²) in [7, 11) is -10.7. The Morgan fingerprint density at radius 3 is 1.66 bits per heavy atom. The number of amides is 1. The molecule has 0 aromatic heterocycles. The summed E-state index contributed by atoms with van der Waals surface area (Å²) in [5.41, 5.74) is 0.867. The van der Waals surface area contributed by atoms with Crippen molar-refractivity contribution in [1.29, 1.82) is 0 Å². The van der Waals surface area contributed by atoms with E-state index in [9.17, 15) is 40.9 Å². The van der Waals surface area contributed by atoms with Gasteiger partial charge in [-0.2, -0.15) is 16.8 Å². The van der Waals surface area contributed by atoms with Crippen LogP contribution >= 0.6 is 0 Å². The number of allylic oxidation sites excluding steroid dienone is 1. The van der Waals surface area contributed by atoms with Gasteiger partial charge in [0.25, 0.3) is 0 Å². The van der Waals surface area contributed by atoms with E-state index in [1.807, 2.05) is 42.5 Å². The van der Waals surface area contributed by atoms with Gasteiger partial charge < -0.3 is 29.7 Å². The summed E-state index contributed by atoms with van der Waals surface area (Å²) >= 11 is 0. The van der Waals surface area contributed by atoms with Crippen molar-refractivity contribution >= 4 is 26.7 Å². The zero-order valence-corrected chi connectivity index (χ0v) is 40.4. The molecular weight excluding hydrogens is 867 g/mol. The molecule has 7 atom stereocenters. The van der Waals surface area contributed by atoms with E-state index in [0.717, 1.165) is 50.5 Å². The molecule has 0 spiro atoms. The van der Waals surface area contributed by atoms with Gasteiger partial charge in [-0.05, 0) is 24.8 Å². The van der Waals surface area contributed by atoms with Crippen LogP contribution in [0.2, 0.25) is 0 Å². The lowest BCUT2D eigenvalue weighted by atomic mass is 9.99. The first-order chi connectivity index (χ1) is 30.8. The van der Waals surface area contributed by atoms with Crippen molar-refractivity contribution in [2.45, 2.75) is 230 Å². The van der Waals surface area contributed by atoms with E-state index in [4.69, 9.17) is 14.2 Å². The SMILES string of the molecule is CCCCCCCCCCCCC/C=C/[C@@H](OCc1ccccc1)[C@H](CO[C@@H]1O[C@@H](CO)[C@@H](O)[C@H](OS(=O)(=O)O)[C@@H]1OS(=O)(=O)O)NC(=O)CCCCCCCCCCCCCCC. The summed E-state index contributed by atoms with van der Waals surface area (Å²) in [6.07, 6.45) is 22.4. The summed E-state index contributed by atoms with van der Waals surface area (Å²) < 4.78 is 93.7. The number of aliphatic hydroxyl groups excluding tert-OH is 2. The standard InChI is InChI=1S/C47H83NO14S2/c1-3-5-7-9-11-13-15-17-19-21-23-25-30-34-41(58-37-39-32-28-27-29-33-39)40(48-43(50)35-31-26-24-22-20-18-16-14-12-10-8-6-4-2)38-59-47-46(62-64(55,56)57)45(61-63(52,53)54)44(51)42(36-49)60-47/h27-30,32-34,40-42,44-47,49,51H,3-26,31,35-38H2,1-2H3,(H,48,50)(H,52,53,54)(H,55,56,57)/b34-30+/t40-,41+,42-,44+,45-,46-,47+/m0/s1. The van der Waals surface area contributed by atoms with Gasteiger partial charge in [-0.25, -0.2) is 8.37 Å². The van der Waals surface area contributed by atoms with Gasteiger partial charge >= 0.3 is 20.8 Å². The largest absolute Gasteiger partial charge is 0.397 e. The highest BCUT2D eigenvalue weighted by molar-refractivity contribution is 7.81. The fourth-order valence-electron chi connectivity index (χ4n) is 7.90. The first-order valence-electron chi connectivity index (χ1n) is 24.3. The van der Waals surface area contributed by atoms with Gasteiger partial charge in [0.05, 0.1) is 32.0 Å². The van der Waals surface area contributed by atoms with Gasteiger partial charge in [0.2, 0.25) is 5.91 Å². The monoisotopic (exact) mass is 950 g/mol. The minimum Gasteiger partial charge on any atom is -0.394 e. The Kier molecular flexibility index (Phi) is 31.9. The molecule has 2 rings (SSSR count). The summed E-state index contributed by atoms with van der Waals surface area (Å²) in [5, 5.41) is 23.7. The summed E-state index contributed by atoms with van der Waals surface area (Å²) in [4.78, 5) is 13.6. The Labute approximate surface area is 385 Å². The van der Waals surface area contributed by atoms with E-state index in [1.165, 1.54) is 109 Å². The van der Waals surface area contributed by atoms with Crippen LogP contribution in [-0.4, -0.2) is 98.1 Å². The van der Waals surface area contributed by atoms with Gasteiger partial charge in [-0.1, -0.05) is 198 Å². The minimum absolute atomic E-state index is 0.164. The lowest BCUT2D eigenvalue weighted by molar-refractivity contribution is -0.293. The van der Waals surface area contributed by atoms with E-state index in [1.54, 1.807) is 0 Å². The molecule has 5 N–H and O–H groups in total. The number of hydrogen-bond acceptors (Lipinski definition) is 12. The lowest BCUT2D eigenvalue weighted by Gasteiger charge is -2.42. The smallest absolute Gasteiger partial charge is 0.394 e. The van der Waals surface area contributed by atoms with Crippen LogP contribution in [0.1, 0.15) is 186 Å². The van der Waals surface area contributed by atoms with Gasteiger partial charge in [0.1, 0.15) is 18.3 Å². The molecule has 1 fully saturated rings. The molecular formula is C47H83NO14S2. The topological polar surface area (TPSA) is 224 Å². The molecule has 0 saturated carbocycles. The maximum absolute atomic E-state index is 13.6. The maximum Gasteiger partial charge on any atom is 0.397 e. The number of carbonyl (C=O) groups is 1. The third-order valence-electron chi connectivity index (χ3n) is 11.5. The van der Waals surface area contributed by atoms with Crippen molar-refractivity contribution in [1.82, 2.24) is 5.32 Å². The molecule has 372 valence electrons. The van der Waals surface area contributed by atoms with Crippen LogP contribution in [0, 0.1) is 0 Å². The second-order valence-corrected chi connectivity index (χ2v) is 19.3. The Morgan fingerprint density at radius 2 is 1.17 bits per heavy atom. The molecule has 0 radical (unpaired) electrons. The number of nitrogens with one attached hydrogen (secondary N) is 1. The third-order valence-corrected chi connectivity index (χ3v) is 12.5. The molecule has 0 aliphatic carbocycles. The van der Waals surface area contributed by atoms with Gasteiger partial charge in [-0.15, -0.1) is 0 Å². The van der Waals surface area contributed by atoms with Crippen molar-refractivity contribution in [3.05, 3.63) is 48.0 Å². The average Bonchev–Trinajstić information content (AvgIpc) is 3.25. The molecule has 64 heavy (non-hydrogen) atoms. The highest BCUT2D eigenvalue weighted by atomic mass is 32.3. The highest BCUT2D eigenvalue weighted by Gasteiger charge is 2.51. The Bertz CT molecular complexity index is 1570. The molecule has 1 aliphatic rings. The molecule has 17 heteroatoms. The molecule has 0 unspecified atom stereocenters. The Morgan fingerprint density at radius 1 is 0.703 bits per heavy atom. The van der Waals surface area contributed by atoms with E-state index < -0.39 is 76.9 Å². The van der Waals surface area contributed by atoms with E-state index in [-0.39, 0.29) is 18.9 Å². The van der Waals surface area contributed by atoms with Crippen LogP contribution in [0.15, 0.2) is 42.5 Å². The average molecular weight is 950 g/mol. The normalized spacial score (nSPS) is 20.4. The molecule has 1 amide bonds. The molecule has 1 aliphatic heterocycles. The minimum atomic E-state index is -5.36. The van der Waals surface area contributed by atoms with Gasteiger partial charge in [0.15, 0.2) is 12.4 Å². The van der Waals surface area contributed by atoms with E-state index in [0.29, 0.717) is 6.42 Å². The van der Waals surface area contributed by atoms with Gasteiger partial charge in [-0.3, -0.25) is 13.9 Å².